The van der Waals surface area contributed by atoms with Crippen molar-refractivity contribution in [3.63, 3.8) is 0 Å². The average Bonchev–Trinajstić information content (AvgIpc) is 3.18. The molecule has 0 saturated heterocycles. The van der Waals surface area contributed by atoms with Crippen molar-refractivity contribution in [1.29, 1.82) is 0 Å². The van der Waals surface area contributed by atoms with Crippen LogP contribution in [0.25, 0.3) is 33.3 Å². The Kier molecular flexibility index (Phi) is 3.79. The van der Waals surface area contributed by atoms with Gasteiger partial charge in [0.1, 0.15) is 11.5 Å². The summed E-state index contributed by atoms with van der Waals surface area (Å²) >= 11 is 0. The Balaban J connectivity index is 1.72. The lowest BCUT2D eigenvalue weighted by atomic mass is 9.96. The topological polar surface area (TPSA) is 92.8 Å². The summed E-state index contributed by atoms with van der Waals surface area (Å²) in [6, 6.07) is 4.24. The van der Waals surface area contributed by atoms with Crippen molar-refractivity contribution in [2.75, 3.05) is 11.9 Å². The van der Waals surface area contributed by atoms with E-state index in [1.807, 2.05) is 27.7 Å². The number of imidazole rings is 1. The molecule has 0 bridgehead atoms. The Morgan fingerprint density at radius 3 is 2.29 bits per heavy atom. The third-order valence-electron chi connectivity index (χ3n) is 5.47. The maximum Gasteiger partial charge on any atom is 0.201 e. The largest absolute Gasteiger partial charge is 0.361 e. The van der Waals surface area contributed by atoms with Crippen molar-refractivity contribution in [3.8, 4) is 22.3 Å². The highest BCUT2D eigenvalue weighted by Gasteiger charge is 2.23. The van der Waals surface area contributed by atoms with Gasteiger partial charge in [-0.2, -0.15) is 0 Å². The number of nitrogens with one attached hydrogen (secondary N) is 2. The average molecular weight is 377 g/mol. The first-order valence-corrected chi connectivity index (χ1v) is 9.65. The molecule has 7 nitrogen and oxygen atoms in total. The summed E-state index contributed by atoms with van der Waals surface area (Å²) in [6.45, 7) is 8.74. The lowest BCUT2D eigenvalue weighted by molar-refractivity contribution is 0.393. The molecular weight excluding hydrogens is 354 g/mol. The molecule has 2 N–H and O–H groups in total. The molecule has 3 heterocycles. The number of nitrogens with zero attached hydrogens (tertiary/aromatic N) is 3. The molecule has 144 valence electrons. The molecule has 1 aliphatic rings. The van der Waals surface area contributed by atoms with Gasteiger partial charge in [-0.25, -0.2) is 4.98 Å². The molecule has 1 saturated carbocycles. The van der Waals surface area contributed by atoms with Gasteiger partial charge in [0.2, 0.25) is 5.95 Å². The molecule has 3 aromatic heterocycles. The molecule has 7 heteroatoms. The molecule has 1 aliphatic carbocycles. The summed E-state index contributed by atoms with van der Waals surface area (Å²) in [7, 11) is 0. The summed E-state index contributed by atoms with van der Waals surface area (Å²) in [5.41, 5.74) is 7.62. The van der Waals surface area contributed by atoms with E-state index >= 15 is 0 Å². The second-order valence-electron chi connectivity index (χ2n) is 7.73. The van der Waals surface area contributed by atoms with Gasteiger partial charge < -0.3 is 19.3 Å². The molecule has 1 fully saturated rings. The molecule has 0 aliphatic heterocycles. The summed E-state index contributed by atoms with van der Waals surface area (Å²) in [5.74, 6) is 3.15. The van der Waals surface area contributed by atoms with E-state index in [0.29, 0.717) is 0 Å². The fourth-order valence-corrected chi connectivity index (χ4v) is 3.86. The Hall–Kier alpha value is -3.09. The van der Waals surface area contributed by atoms with Gasteiger partial charge in [-0.3, -0.25) is 0 Å². The predicted octanol–water partition coefficient (Wildman–Crippen LogP) is 4.93. The van der Waals surface area contributed by atoms with E-state index in [1.54, 1.807) is 0 Å². The third kappa shape index (κ3) is 2.78. The molecule has 4 aromatic rings. The van der Waals surface area contributed by atoms with Gasteiger partial charge in [0.05, 0.1) is 22.4 Å². The Labute approximate surface area is 162 Å². The van der Waals surface area contributed by atoms with Gasteiger partial charge in [0, 0.05) is 23.2 Å². The molecular formula is C21H23N5O2. The maximum atomic E-state index is 5.44. The van der Waals surface area contributed by atoms with Gasteiger partial charge in [-0.05, 0) is 64.2 Å². The molecule has 0 atom stereocenters. The second kappa shape index (κ2) is 6.22. The first-order valence-electron chi connectivity index (χ1n) is 9.65. The van der Waals surface area contributed by atoms with E-state index < -0.39 is 0 Å². The highest BCUT2D eigenvalue weighted by Crippen LogP contribution is 2.38. The summed E-state index contributed by atoms with van der Waals surface area (Å²) in [4.78, 5) is 8.28. The number of H-pyrrole nitrogens is 1. The molecule has 0 radical (unpaired) electrons. The van der Waals surface area contributed by atoms with Crippen LogP contribution in [0.3, 0.4) is 0 Å². The minimum atomic E-state index is 0.771. The van der Waals surface area contributed by atoms with Crippen LogP contribution in [0.5, 0.6) is 0 Å². The van der Waals surface area contributed by atoms with Crippen molar-refractivity contribution in [2.45, 2.75) is 40.5 Å². The van der Waals surface area contributed by atoms with Crippen LogP contribution in [0.1, 0.15) is 35.7 Å². The summed E-state index contributed by atoms with van der Waals surface area (Å²) < 4.78 is 10.8. The molecule has 0 spiro atoms. The zero-order valence-electron chi connectivity index (χ0n) is 16.5. The lowest BCUT2D eigenvalue weighted by Crippen LogP contribution is -2.04. The number of aromatic nitrogens is 4. The van der Waals surface area contributed by atoms with E-state index in [9.17, 15) is 0 Å². The Morgan fingerprint density at radius 2 is 1.68 bits per heavy atom. The van der Waals surface area contributed by atoms with Crippen molar-refractivity contribution < 1.29 is 9.05 Å². The molecule has 0 unspecified atom stereocenters. The zero-order chi connectivity index (χ0) is 19.4. The van der Waals surface area contributed by atoms with E-state index in [2.05, 4.69) is 32.7 Å². The van der Waals surface area contributed by atoms with E-state index in [1.165, 1.54) is 12.8 Å². The van der Waals surface area contributed by atoms with E-state index in [0.717, 1.165) is 74.6 Å². The minimum absolute atomic E-state index is 0.771. The quantitative estimate of drug-likeness (QED) is 0.512. The standard InChI is InChI=1S/C21H23N5O2/c1-10-18(12(3)27-25-10)15-7-16(19-11(2)26-28-13(19)4)20-17(8-15)23-21(24-20)22-9-14-5-6-14/h7-8,14H,5-6,9H2,1-4H3,(H2,22,23,24). The SMILES string of the molecule is Cc1noc(C)c1-c1cc(-c2c(C)noc2C)c2nc(NCC3CC3)[nH]c2c1. The number of aromatic amines is 1. The number of aryl methyl sites for hydroxylation is 4. The first-order chi connectivity index (χ1) is 13.5. The van der Waals surface area contributed by atoms with Gasteiger partial charge in [-0.1, -0.05) is 10.3 Å². The van der Waals surface area contributed by atoms with Crippen molar-refractivity contribution in [3.05, 3.63) is 35.0 Å². The van der Waals surface area contributed by atoms with Crippen LogP contribution in [0.2, 0.25) is 0 Å². The van der Waals surface area contributed by atoms with Crippen LogP contribution in [-0.2, 0) is 0 Å². The number of fused-ring (bicyclic) bond motifs is 1. The van der Waals surface area contributed by atoms with Crippen LogP contribution in [-0.4, -0.2) is 26.8 Å². The Bertz CT molecular complexity index is 1140. The minimum Gasteiger partial charge on any atom is -0.361 e. The number of hydrogen-bond acceptors (Lipinski definition) is 6. The van der Waals surface area contributed by atoms with Gasteiger partial charge in [0.25, 0.3) is 0 Å². The fraction of sp³-hybridized carbons (Fsp3) is 0.381. The zero-order valence-corrected chi connectivity index (χ0v) is 16.5. The monoisotopic (exact) mass is 377 g/mol. The van der Waals surface area contributed by atoms with Crippen LogP contribution in [0.4, 0.5) is 5.95 Å². The third-order valence-corrected chi connectivity index (χ3v) is 5.47. The molecule has 0 amide bonds. The number of anilines is 1. The molecule has 28 heavy (non-hydrogen) atoms. The van der Waals surface area contributed by atoms with Crippen LogP contribution >= 0.6 is 0 Å². The maximum absolute atomic E-state index is 5.44. The van der Waals surface area contributed by atoms with Crippen LogP contribution in [0.15, 0.2) is 21.2 Å². The van der Waals surface area contributed by atoms with Crippen LogP contribution in [0, 0.1) is 33.6 Å². The summed E-state index contributed by atoms with van der Waals surface area (Å²) in [6.07, 6.45) is 2.60. The van der Waals surface area contributed by atoms with Crippen molar-refractivity contribution >= 4 is 17.0 Å². The van der Waals surface area contributed by atoms with Crippen molar-refractivity contribution in [1.82, 2.24) is 20.3 Å². The molecule has 1 aromatic carbocycles. The normalized spacial score (nSPS) is 14.1. The first kappa shape index (κ1) is 17.0. The highest BCUT2D eigenvalue weighted by molar-refractivity contribution is 5.98. The lowest BCUT2D eigenvalue weighted by Gasteiger charge is -2.07. The fourth-order valence-electron chi connectivity index (χ4n) is 3.86. The smallest absolute Gasteiger partial charge is 0.201 e. The second-order valence-corrected chi connectivity index (χ2v) is 7.73. The van der Waals surface area contributed by atoms with E-state index in [4.69, 9.17) is 14.0 Å². The van der Waals surface area contributed by atoms with Gasteiger partial charge in [0.15, 0.2) is 0 Å². The predicted molar refractivity (Wildman–Crippen MR) is 107 cm³/mol. The summed E-state index contributed by atoms with van der Waals surface area (Å²) in [5, 5.41) is 11.7. The highest BCUT2D eigenvalue weighted by atomic mass is 16.5. The van der Waals surface area contributed by atoms with Gasteiger partial charge >= 0.3 is 0 Å². The number of hydrogen-bond donors (Lipinski definition) is 2. The molecule has 5 rings (SSSR count). The van der Waals surface area contributed by atoms with Gasteiger partial charge in [-0.15, -0.1) is 0 Å². The number of benzene rings is 1. The van der Waals surface area contributed by atoms with E-state index in [-0.39, 0.29) is 0 Å². The van der Waals surface area contributed by atoms with Crippen molar-refractivity contribution in [2.24, 2.45) is 5.92 Å². The number of rotatable bonds is 5. The Morgan fingerprint density at radius 1 is 1.00 bits per heavy atom. The van der Waals surface area contributed by atoms with Crippen LogP contribution < -0.4 is 5.32 Å².